The molecule has 0 aromatic rings. The van der Waals surface area contributed by atoms with Gasteiger partial charge in [-0.2, -0.15) is 13.2 Å². The summed E-state index contributed by atoms with van der Waals surface area (Å²) >= 11 is 0. The van der Waals surface area contributed by atoms with E-state index < -0.39 is 12.1 Å². The fourth-order valence-electron chi connectivity index (χ4n) is 3.88. The first-order valence-electron chi connectivity index (χ1n) is 9.50. The summed E-state index contributed by atoms with van der Waals surface area (Å²) < 4.78 is 50.2. The van der Waals surface area contributed by atoms with E-state index in [1.807, 2.05) is 6.92 Å². The van der Waals surface area contributed by atoms with E-state index >= 15 is 0 Å². The lowest BCUT2D eigenvalue weighted by molar-refractivity contribution is -0.184. The van der Waals surface area contributed by atoms with Crippen LogP contribution in [-0.4, -0.2) is 69.0 Å². The van der Waals surface area contributed by atoms with Gasteiger partial charge in [0.05, 0.1) is 19.1 Å². The van der Waals surface area contributed by atoms with Gasteiger partial charge in [0.15, 0.2) is 6.35 Å². The monoisotopic (exact) mass is 381 g/mol. The van der Waals surface area contributed by atoms with Gasteiger partial charge in [0.2, 0.25) is 0 Å². The molecule has 0 spiro atoms. The van der Waals surface area contributed by atoms with E-state index in [1.54, 1.807) is 0 Å². The van der Waals surface area contributed by atoms with Gasteiger partial charge in [0.25, 0.3) is 0 Å². The molecule has 10 heteroatoms. The van der Waals surface area contributed by atoms with Gasteiger partial charge in [0, 0.05) is 25.7 Å². The summed E-state index contributed by atoms with van der Waals surface area (Å²) in [6.45, 7) is 5.35. The van der Waals surface area contributed by atoms with Crippen molar-refractivity contribution < 1.29 is 22.6 Å². The molecule has 2 aliphatic heterocycles. The first-order chi connectivity index (χ1) is 12.5. The molecule has 4 N–H and O–H groups in total. The molecule has 3 aliphatic rings. The van der Waals surface area contributed by atoms with E-state index in [1.165, 1.54) is 0 Å². The summed E-state index contributed by atoms with van der Waals surface area (Å²) in [6.07, 6.45) is -3.23. The van der Waals surface area contributed by atoms with Crippen molar-refractivity contribution in [2.75, 3.05) is 32.9 Å². The van der Waals surface area contributed by atoms with Gasteiger partial charge in [-0.3, -0.25) is 26.2 Å². The fourth-order valence-corrected chi connectivity index (χ4v) is 3.88. The van der Waals surface area contributed by atoms with Crippen LogP contribution in [0.15, 0.2) is 0 Å². The highest BCUT2D eigenvalue weighted by Crippen LogP contribution is 2.37. The largest absolute Gasteiger partial charge is 0.391 e. The number of alkyl halides is 3. The Kier molecular flexibility index (Phi) is 7.11. The van der Waals surface area contributed by atoms with E-state index in [2.05, 4.69) is 26.2 Å². The zero-order valence-electron chi connectivity index (χ0n) is 15.1. The van der Waals surface area contributed by atoms with Gasteiger partial charge in [-0.05, 0) is 26.2 Å². The molecule has 0 radical (unpaired) electrons. The molecule has 3 fully saturated rings. The van der Waals surface area contributed by atoms with Crippen molar-refractivity contribution in [2.24, 2.45) is 5.92 Å². The first kappa shape index (κ1) is 20.2. The van der Waals surface area contributed by atoms with Crippen molar-refractivity contribution in [2.45, 2.75) is 63.8 Å². The Morgan fingerprint density at radius 1 is 1.15 bits per heavy atom. The predicted octanol–water partition coefficient (Wildman–Crippen LogP) is 0.699. The molecule has 2 saturated heterocycles. The standard InChI is InChI=1S/C16H30F3N5O2/c1-2-26-15-22-13(21-14(23-15)24-6-8-25-9-7-24)20-12-5-3-4-11(10-12)16(17,18)19/h11-15,20-23H,2-10H2,1H3. The van der Waals surface area contributed by atoms with Crippen molar-refractivity contribution in [3.05, 3.63) is 0 Å². The van der Waals surface area contributed by atoms with Gasteiger partial charge in [-0.15, -0.1) is 0 Å². The Morgan fingerprint density at radius 2 is 1.92 bits per heavy atom. The highest BCUT2D eigenvalue weighted by atomic mass is 19.4. The van der Waals surface area contributed by atoms with Crippen LogP contribution >= 0.6 is 0 Å². The average Bonchev–Trinajstić information content (AvgIpc) is 2.62. The normalized spacial score (nSPS) is 37.6. The van der Waals surface area contributed by atoms with Gasteiger partial charge < -0.3 is 9.47 Å². The molecule has 5 atom stereocenters. The number of hydrogen-bond acceptors (Lipinski definition) is 7. The maximum Gasteiger partial charge on any atom is 0.391 e. The van der Waals surface area contributed by atoms with Crippen LogP contribution in [0.25, 0.3) is 0 Å². The molecule has 0 aromatic heterocycles. The third-order valence-corrected chi connectivity index (χ3v) is 5.24. The Morgan fingerprint density at radius 3 is 2.62 bits per heavy atom. The Balaban J connectivity index is 1.58. The van der Waals surface area contributed by atoms with Crippen molar-refractivity contribution in [3.8, 4) is 0 Å². The predicted molar refractivity (Wildman–Crippen MR) is 89.7 cm³/mol. The SMILES string of the molecule is CCOC1NC(NC2CCCC(C(F)(F)F)C2)NC(N2CCOCC2)N1. The van der Waals surface area contributed by atoms with Crippen molar-refractivity contribution in [1.82, 2.24) is 26.2 Å². The minimum absolute atomic E-state index is 0.123. The Labute approximate surface area is 152 Å². The number of nitrogens with one attached hydrogen (secondary N) is 4. The molecule has 26 heavy (non-hydrogen) atoms. The number of rotatable bonds is 5. The van der Waals surface area contributed by atoms with Gasteiger partial charge >= 0.3 is 6.18 Å². The second kappa shape index (κ2) is 9.13. The summed E-state index contributed by atoms with van der Waals surface area (Å²) in [7, 11) is 0. The summed E-state index contributed by atoms with van der Waals surface area (Å²) in [6, 6.07) is -0.175. The second-order valence-corrected chi connectivity index (χ2v) is 7.09. The molecular weight excluding hydrogens is 351 g/mol. The maximum absolute atomic E-state index is 13.1. The van der Waals surface area contributed by atoms with Crippen LogP contribution in [0, 0.1) is 5.92 Å². The molecule has 1 aliphatic carbocycles. The van der Waals surface area contributed by atoms with E-state index in [9.17, 15) is 13.2 Å². The van der Waals surface area contributed by atoms with Gasteiger partial charge in [0.1, 0.15) is 12.6 Å². The van der Waals surface area contributed by atoms with Crippen molar-refractivity contribution in [1.29, 1.82) is 0 Å². The van der Waals surface area contributed by atoms with Crippen LogP contribution in [0.2, 0.25) is 0 Å². The smallest absolute Gasteiger partial charge is 0.379 e. The van der Waals surface area contributed by atoms with Crippen LogP contribution < -0.4 is 21.3 Å². The van der Waals surface area contributed by atoms with Gasteiger partial charge in [-0.25, -0.2) is 0 Å². The molecule has 0 bridgehead atoms. The molecule has 152 valence electrons. The molecule has 5 unspecified atom stereocenters. The highest BCUT2D eigenvalue weighted by molar-refractivity contribution is 4.86. The maximum atomic E-state index is 13.1. The molecule has 1 saturated carbocycles. The minimum atomic E-state index is -4.11. The Bertz CT molecular complexity index is 437. The van der Waals surface area contributed by atoms with Crippen molar-refractivity contribution >= 4 is 0 Å². The second-order valence-electron chi connectivity index (χ2n) is 7.09. The zero-order valence-corrected chi connectivity index (χ0v) is 15.1. The van der Waals surface area contributed by atoms with Crippen molar-refractivity contribution in [3.63, 3.8) is 0 Å². The minimum Gasteiger partial charge on any atom is -0.379 e. The third kappa shape index (κ3) is 5.51. The van der Waals surface area contributed by atoms with E-state index in [0.717, 1.165) is 19.5 Å². The molecule has 2 heterocycles. The summed E-state index contributed by atoms with van der Waals surface area (Å²) in [5, 5.41) is 13.3. The number of ether oxygens (including phenoxy) is 2. The summed E-state index contributed by atoms with van der Waals surface area (Å²) in [5.74, 6) is -1.21. The van der Waals surface area contributed by atoms with E-state index in [-0.39, 0.29) is 37.8 Å². The van der Waals surface area contributed by atoms with Gasteiger partial charge in [-0.1, -0.05) is 6.42 Å². The van der Waals surface area contributed by atoms with E-state index in [0.29, 0.717) is 26.2 Å². The Hall–Kier alpha value is -0.490. The topological polar surface area (TPSA) is 69.8 Å². The highest BCUT2D eigenvalue weighted by Gasteiger charge is 2.43. The van der Waals surface area contributed by atoms with Crippen LogP contribution in [-0.2, 0) is 9.47 Å². The molecule has 7 nitrogen and oxygen atoms in total. The lowest BCUT2D eigenvalue weighted by atomic mass is 9.85. The number of nitrogens with zero attached hydrogens (tertiary/aromatic N) is 1. The third-order valence-electron chi connectivity index (χ3n) is 5.24. The van der Waals surface area contributed by atoms with Crippen LogP contribution in [0.3, 0.4) is 0 Å². The molecule has 3 rings (SSSR count). The summed E-state index contributed by atoms with van der Waals surface area (Å²) in [5.41, 5.74) is 0. The van der Waals surface area contributed by atoms with Crippen LogP contribution in [0.4, 0.5) is 13.2 Å². The fraction of sp³-hybridized carbons (Fsp3) is 1.00. The number of morpholine rings is 1. The lowest BCUT2D eigenvalue weighted by Gasteiger charge is -2.45. The quantitative estimate of drug-likeness (QED) is 0.559. The number of hydrogen-bond donors (Lipinski definition) is 4. The molecular formula is C16H30F3N5O2. The number of halogens is 3. The van der Waals surface area contributed by atoms with Crippen LogP contribution in [0.1, 0.15) is 32.6 Å². The van der Waals surface area contributed by atoms with E-state index in [4.69, 9.17) is 9.47 Å². The summed E-state index contributed by atoms with van der Waals surface area (Å²) in [4.78, 5) is 2.21. The van der Waals surface area contributed by atoms with Crippen LogP contribution in [0.5, 0.6) is 0 Å². The lowest BCUT2D eigenvalue weighted by Crippen LogP contribution is -2.76. The zero-order chi connectivity index (χ0) is 18.6. The molecule has 0 amide bonds. The first-order valence-corrected chi connectivity index (χ1v) is 9.50. The average molecular weight is 381 g/mol. The molecule has 0 aromatic carbocycles.